The Kier molecular flexibility index (Phi) is 2.46. The van der Waals surface area contributed by atoms with Crippen LogP contribution in [0.3, 0.4) is 0 Å². The summed E-state index contributed by atoms with van der Waals surface area (Å²) >= 11 is 0. The first-order valence-electron chi connectivity index (χ1n) is 6.64. The van der Waals surface area contributed by atoms with Crippen LogP contribution >= 0.6 is 0 Å². The molecule has 3 rings (SSSR count). The van der Waals surface area contributed by atoms with E-state index in [4.69, 9.17) is 5.11 Å². The van der Waals surface area contributed by atoms with E-state index in [9.17, 15) is 4.79 Å². The summed E-state index contributed by atoms with van der Waals surface area (Å²) in [5, 5.41) is 12.1. The SMILES string of the molecule is O=C(NCC1(CCO)CC1)C1C2CCCC21. The summed E-state index contributed by atoms with van der Waals surface area (Å²) in [5.41, 5.74) is 0.258. The Morgan fingerprint density at radius 2 is 2.00 bits per heavy atom. The van der Waals surface area contributed by atoms with Crippen molar-refractivity contribution in [3.8, 4) is 0 Å². The molecule has 16 heavy (non-hydrogen) atoms. The van der Waals surface area contributed by atoms with Crippen molar-refractivity contribution in [3.05, 3.63) is 0 Å². The van der Waals surface area contributed by atoms with Gasteiger partial charge in [0.25, 0.3) is 0 Å². The van der Waals surface area contributed by atoms with Crippen molar-refractivity contribution >= 4 is 5.91 Å². The van der Waals surface area contributed by atoms with E-state index in [0.717, 1.165) is 13.0 Å². The standard InChI is InChI=1S/C13H21NO2/c15-7-6-13(4-5-13)8-14-12(16)11-9-2-1-3-10(9)11/h9-11,15H,1-8H2,(H,14,16). The number of aliphatic hydroxyl groups is 1. The Bertz CT molecular complexity index is 288. The lowest BCUT2D eigenvalue weighted by atomic mass is 10.0. The zero-order valence-corrected chi connectivity index (χ0v) is 9.74. The molecule has 1 amide bonds. The van der Waals surface area contributed by atoms with E-state index in [-0.39, 0.29) is 12.0 Å². The third-order valence-electron chi connectivity index (χ3n) is 4.95. The van der Waals surface area contributed by atoms with Crippen molar-refractivity contribution in [1.82, 2.24) is 5.32 Å². The van der Waals surface area contributed by atoms with Crippen LogP contribution < -0.4 is 5.32 Å². The van der Waals surface area contributed by atoms with Gasteiger partial charge in [-0.3, -0.25) is 4.79 Å². The van der Waals surface area contributed by atoms with Gasteiger partial charge in [0.15, 0.2) is 0 Å². The highest BCUT2D eigenvalue weighted by atomic mass is 16.3. The van der Waals surface area contributed by atoms with E-state index in [0.29, 0.717) is 23.7 Å². The molecule has 0 aromatic heterocycles. The highest BCUT2D eigenvalue weighted by Crippen LogP contribution is 2.57. The molecule has 3 aliphatic carbocycles. The second-order valence-electron chi connectivity index (χ2n) is 5.98. The summed E-state index contributed by atoms with van der Waals surface area (Å²) in [6.45, 7) is 1.05. The highest BCUT2D eigenvalue weighted by molar-refractivity contribution is 5.82. The zero-order valence-electron chi connectivity index (χ0n) is 9.74. The normalized spacial score (nSPS) is 37.9. The first-order chi connectivity index (χ1) is 7.76. The molecular formula is C13H21NO2. The maximum absolute atomic E-state index is 11.9. The Morgan fingerprint density at radius 3 is 2.56 bits per heavy atom. The Labute approximate surface area is 96.6 Å². The van der Waals surface area contributed by atoms with Crippen LogP contribution in [0.25, 0.3) is 0 Å². The zero-order chi connectivity index (χ0) is 11.2. The van der Waals surface area contributed by atoms with Crippen LogP contribution in [0.2, 0.25) is 0 Å². The first kappa shape index (κ1) is 10.6. The second-order valence-corrected chi connectivity index (χ2v) is 5.98. The van der Waals surface area contributed by atoms with E-state index in [1.54, 1.807) is 0 Å². The number of carbonyl (C=O) groups excluding carboxylic acids is 1. The van der Waals surface area contributed by atoms with Gasteiger partial charge in [0.2, 0.25) is 5.91 Å². The molecule has 0 bridgehead atoms. The van der Waals surface area contributed by atoms with Crippen LogP contribution in [0.4, 0.5) is 0 Å². The maximum atomic E-state index is 11.9. The van der Waals surface area contributed by atoms with Gasteiger partial charge >= 0.3 is 0 Å². The second kappa shape index (κ2) is 3.73. The van der Waals surface area contributed by atoms with E-state index in [1.165, 1.54) is 32.1 Å². The molecular weight excluding hydrogens is 202 g/mol. The van der Waals surface area contributed by atoms with Crippen LogP contribution in [0.15, 0.2) is 0 Å². The van der Waals surface area contributed by atoms with E-state index in [2.05, 4.69) is 5.32 Å². The molecule has 0 aromatic rings. The largest absolute Gasteiger partial charge is 0.396 e. The molecule has 0 saturated heterocycles. The Morgan fingerprint density at radius 1 is 1.31 bits per heavy atom. The molecule has 2 atom stereocenters. The third kappa shape index (κ3) is 1.75. The van der Waals surface area contributed by atoms with Crippen molar-refractivity contribution in [2.45, 2.75) is 38.5 Å². The average Bonchev–Trinajstić information content (AvgIpc) is 3.15. The Hall–Kier alpha value is -0.570. The monoisotopic (exact) mass is 223 g/mol. The highest BCUT2D eigenvalue weighted by Gasteiger charge is 2.56. The molecule has 3 saturated carbocycles. The molecule has 2 unspecified atom stereocenters. The summed E-state index contributed by atoms with van der Waals surface area (Å²) in [6, 6.07) is 0. The van der Waals surface area contributed by atoms with Crippen molar-refractivity contribution in [2.24, 2.45) is 23.2 Å². The van der Waals surface area contributed by atoms with Crippen LogP contribution in [-0.4, -0.2) is 24.2 Å². The van der Waals surface area contributed by atoms with Crippen LogP contribution in [0.5, 0.6) is 0 Å². The lowest BCUT2D eigenvalue weighted by Crippen LogP contribution is -2.32. The number of rotatable bonds is 5. The van der Waals surface area contributed by atoms with Gasteiger partial charge in [-0.15, -0.1) is 0 Å². The number of hydrogen-bond acceptors (Lipinski definition) is 2. The average molecular weight is 223 g/mol. The minimum absolute atomic E-state index is 0.255. The van der Waals surface area contributed by atoms with E-state index >= 15 is 0 Å². The quantitative estimate of drug-likeness (QED) is 0.738. The number of hydrogen-bond donors (Lipinski definition) is 2. The molecule has 3 fully saturated rings. The summed E-state index contributed by atoms with van der Waals surface area (Å²) < 4.78 is 0. The first-order valence-corrected chi connectivity index (χ1v) is 6.64. The molecule has 3 aliphatic rings. The number of nitrogens with one attached hydrogen (secondary N) is 1. The van der Waals surface area contributed by atoms with Gasteiger partial charge < -0.3 is 10.4 Å². The fourth-order valence-corrected chi connectivity index (χ4v) is 3.53. The summed E-state index contributed by atoms with van der Waals surface area (Å²) in [4.78, 5) is 11.9. The summed E-state index contributed by atoms with van der Waals surface area (Å²) in [6.07, 6.45) is 7.06. The van der Waals surface area contributed by atoms with Gasteiger partial charge in [0, 0.05) is 19.1 Å². The lowest BCUT2D eigenvalue weighted by Gasteiger charge is -2.15. The molecule has 0 radical (unpaired) electrons. The van der Waals surface area contributed by atoms with Crippen LogP contribution in [0, 0.1) is 23.2 Å². The summed E-state index contributed by atoms with van der Waals surface area (Å²) in [5.74, 6) is 2.07. The molecule has 3 heteroatoms. The molecule has 90 valence electrons. The molecule has 3 nitrogen and oxygen atoms in total. The molecule has 0 heterocycles. The van der Waals surface area contributed by atoms with Gasteiger partial charge in [-0.05, 0) is 49.4 Å². The fourth-order valence-electron chi connectivity index (χ4n) is 3.53. The predicted molar refractivity (Wildman–Crippen MR) is 60.7 cm³/mol. The third-order valence-corrected chi connectivity index (χ3v) is 4.95. The van der Waals surface area contributed by atoms with Gasteiger partial charge in [0.05, 0.1) is 0 Å². The minimum atomic E-state index is 0.255. The van der Waals surface area contributed by atoms with Gasteiger partial charge in [-0.25, -0.2) is 0 Å². The van der Waals surface area contributed by atoms with E-state index < -0.39 is 0 Å². The predicted octanol–water partition coefficient (Wildman–Crippen LogP) is 1.31. The fraction of sp³-hybridized carbons (Fsp3) is 0.923. The van der Waals surface area contributed by atoms with Gasteiger partial charge in [0.1, 0.15) is 0 Å². The maximum Gasteiger partial charge on any atom is 0.223 e. The smallest absolute Gasteiger partial charge is 0.223 e. The van der Waals surface area contributed by atoms with Gasteiger partial charge in [-0.2, -0.15) is 0 Å². The van der Waals surface area contributed by atoms with Crippen molar-refractivity contribution in [2.75, 3.05) is 13.2 Å². The van der Waals surface area contributed by atoms with Crippen LogP contribution in [-0.2, 0) is 4.79 Å². The molecule has 0 aliphatic heterocycles. The van der Waals surface area contributed by atoms with Gasteiger partial charge in [-0.1, -0.05) is 6.42 Å². The lowest BCUT2D eigenvalue weighted by molar-refractivity contribution is -0.123. The topological polar surface area (TPSA) is 49.3 Å². The minimum Gasteiger partial charge on any atom is -0.396 e. The Balaban J connectivity index is 1.44. The van der Waals surface area contributed by atoms with Crippen LogP contribution in [0.1, 0.15) is 38.5 Å². The number of amides is 1. The van der Waals surface area contributed by atoms with Crippen molar-refractivity contribution in [1.29, 1.82) is 0 Å². The van der Waals surface area contributed by atoms with Crippen molar-refractivity contribution in [3.63, 3.8) is 0 Å². The number of aliphatic hydroxyl groups excluding tert-OH is 1. The molecule has 2 N–H and O–H groups in total. The van der Waals surface area contributed by atoms with Crippen molar-refractivity contribution < 1.29 is 9.90 Å². The number of carbonyl (C=O) groups is 1. The summed E-state index contributed by atoms with van der Waals surface area (Å²) in [7, 11) is 0. The molecule has 0 spiro atoms. The van der Waals surface area contributed by atoms with E-state index in [1.807, 2.05) is 0 Å². The number of fused-ring (bicyclic) bond motifs is 1. The molecule has 0 aromatic carbocycles.